The molecule has 0 aliphatic heterocycles. The molecule has 0 bridgehead atoms. The fourth-order valence-corrected chi connectivity index (χ4v) is 11.1. The van der Waals surface area contributed by atoms with Gasteiger partial charge in [-0.2, -0.15) is 0 Å². The molecule has 8 atom stereocenters. The Balaban J connectivity index is 1.37. The second-order valence-electron chi connectivity index (χ2n) is 12.6. The van der Waals surface area contributed by atoms with Crippen LogP contribution in [0.5, 0.6) is 0 Å². The number of carbonyl (C=O) groups is 1. The number of hydrogen-bond acceptors (Lipinski definition) is 3. The van der Waals surface area contributed by atoms with Gasteiger partial charge in [0.2, 0.25) is 0 Å². The van der Waals surface area contributed by atoms with E-state index in [1.54, 1.807) is 12.1 Å². The summed E-state index contributed by atoms with van der Waals surface area (Å²) in [6.45, 7) is 7.23. The molecule has 182 valence electrons. The molecule has 4 saturated carbocycles. The quantitative estimate of drug-likeness (QED) is 0.491. The van der Waals surface area contributed by atoms with Crippen LogP contribution in [0.15, 0.2) is 35.2 Å². The van der Waals surface area contributed by atoms with Gasteiger partial charge in [-0.3, -0.25) is 4.79 Å². The molecular formula is C29H42O3S. The maximum absolute atomic E-state index is 13.2. The van der Waals surface area contributed by atoms with E-state index in [1.807, 2.05) is 18.2 Å². The number of sulfone groups is 1. The first kappa shape index (κ1) is 23.6. The molecule has 3 nitrogen and oxygen atoms in total. The Morgan fingerprint density at radius 2 is 1.67 bits per heavy atom. The number of ketones is 1. The van der Waals surface area contributed by atoms with E-state index in [0.717, 1.165) is 31.1 Å². The van der Waals surface area contributed by atoms with Gasteiger partial charge in [-0.15, -0.1) is 0 Å². The van der Waals surface area contributed by atoms with Crippen LogP contribution in [-0.4, -0.2) is 20.0 Å². The Morgan fingerprint density at radius 1 is 0.939 bits per heavy atom. The third-order valence-corrected chi connectivity index (χ3v) is 13.0. The Hall–Kier alpha value is -1.16. The zero-order chi connectivity index (χ0) is 23.4. The minimum absolute atomic E-state index is 0.179. The summed E-state index contributed by atoms with van der Waals surface area (Å²) in [4.78, 5) is 12.7. The topological polar surface area (TPSA) is 51.2 Å². The molecule has 4 fully saturated rings. The molecule has 0 aromatic heterocycles. The lowest BCUT2D eigenvalue weighted by molar-refractivity contribution is -0.154. The van der Waals surface area contributed by atoms with Gasteiger partial charge in [-0.1, -0.05) is 45.4 Å². The predicted octanol–water partition coefficient (Wildman–Crippen LogP) is 6.71. The van der Waals surface area contributed by atoms with Crippen molar-refractivity contribution in [3.05, 3.63) is 30.3 Å². The lowest BCUT2D eigenvalue weighted by Gasteiger charge is -2.64. The lowest BCUT2D eigenvalue weighted by atomic mass is 9.41. The highest BCUT2D eigenvalue weighted by Crippen LogP contribution is 2.66. The van der Waals surface area contributed by atoms with Gasteiger partial charge in [0.1, 0.15) is 5.78 Å². The molecule has 1 aromatic rings. The Labute approximate surface area is 201 Å². The largest absolute Gasteiger partial charge is 0.300 e. The van der Waals surface area contributed by atoms with Crippen LogP contribution in [0.1, 0.15) is 85.0 Å². The van der Waals surface area contributed by atoms with Gasteiger partial charge in [0.15, 0.2) is 9.84 Å². The van der Waals surface area contributed by atoms with Crippen LogP contribution >= 0.6 is 0 Å². The van der Waals surface area contributed by atoms with Crippen molar-refractivity contribution in [2.24, 2.45) is 46.3 Å². The molecule has 0 spiro atoms. The van der Waals surface area contributed by atoms with Crippen molar-refractivity contribution in [1.29, 1.82) is 0 Å². The highest BCUT2D eigenvalue weighted by Gasteiger charge is 2.59. The summed E-state index contributed by atoms with van der Waals surface area (Å²) in [6.07, 6.45) is 11.4. The molecule has 0 amide bonds. The summed E-state index contributed by atoms with van der Waals surface area (Å²) < 4.78 is 26.4. The molecule has 4 aliphatic rings. The van der Waals surface area contributed by atoms with Gasteiger partial charge in [0, 0.05) is 12.8 Å². The molecule has 0 saturated heterocycles. The van der Waals surface area contributed by atoms with Gasteiger partial charge in [-0.25, -0.2) is 8.42 Å². The lowest BCUT2D eigenvalue weighted by Crippen LogP contribution is -2.57. The first-order chi connectivity index (χ1) is 15.6. The summed E-state index contributed by atoms with van der Waals surface area (Å²) in [5.74, 6) is 4.24. The summed E-state index contributed by atoms with van der Waals surface area (Å²) in [6, 6.07) is 9.02. The normalized spacial score (nSPS) is 42.0. The smallest absolute Gasteiger partial charge is 0.178 e. The first-order valence-electron chi connectivity index (χ1n) is 13.4. The number of carbonyl (C=O) groups excluding carboxylic acids is 1. The van der Waals surface area contributed by atoms with Crippen LogP contribution in [0.4, 0.5) is 0 Å². The molecule has 4 heteroatoms. The SMILES string of the molecule is C[C@H](CS(=O)(=O)c1ccccc1)[C@H]1CCC[C@H]2[C@@H]3CC[C@H]4CC(=O)CC[C@]4(C)[C@H]3CC[C@]12C. The zero-order valence-corrected chi connectivity index (χ0v) is 21.6. The predicted molar refractivity (Wildman–Crippen MR) is 132 cm³/mol. The minimum atomic E-state index is -3.26. The number of rotatable bonds is 4. The summed E-state index contributed by atoms with van der Waals surface area (Å²) in [7, 11) is -3.26. The third-order valence-electron chi connectivity index (χ3n) is 11.1. The Kier molecular flexibility index (Phi) is 6.07. The van der Waals surface area contributed by atoms with E-state index in [0.29, 0.717) is 33.8 Å². The summed E-state index contributed by atoms with van der Waals surface area (Å²) in [5, 5.41) is 0. The maximum atomic E-state index is 13.2. The Bertz CT molecular complexity index is 985. The highest BCUT2D eigenvalue weighted by atomic mass is 32.2. The fourth-order valence-electron chi connectivity index (χ4n) is 9.41. The van der Waals surface area contributed by atoms with Crippen molar-refractivity contribution < 1.29 is 13.2 Å². The van der Waals surface area contributed by atoms with E-state index in [2.05, 4.69) is 20.8 Å². The van der Waals surface area contributed by atoms with Crippen LogP contribution in [0.2, 0.25) is 0 Å². The minimum Gasteiger partial charge on any atom is -0.300 e. The van der Waals surface area contributed by atoms with Crippen LogP contribution in [0, 0.1) is 46.3 Å². The van der Waals surface area contributed by atoms with E-state index in [9.17, 15) is 13.2 Å². The van der Waals surface area contributed by atoms with E-state index in [-0.39, 0.29) is 17.1 Å². The summed E-state index contributed by atoms with van der Waals surface area (Å²) in [5.41, 5.74) is 0.589. The first-order valence-corrected chi connectivity index (χ1v) is 15.1. The molecule has 4 aliphatic carbocycles. The van der Waals surface area contributed by atoms with Crippen molar-refractivity contribution in [2.45, 2.75) is 89.9 Å². The molecule has 0 N–H and O–H groups in total. The van der Waals surface area contributed by atoms with Crippen LogP contribution in [0.25, 0.3) is 0 Å². The zero-order valence-electron chi connectivity index (χ0n) is 20.8. The summed E-state index contributed by atoms with van der Waals surface area (Å²) >= 11 is 0. The maximum Gasteiger partial charge on any atom is 0.178 e. The van der Waals surface area contributed by atoms with Crippen molar-refractivity contribution in [2.75, 3.05) is 5.75 Å². The monoisotopic (exact) mass is 470 g/mol. The molecule has 0 radical (unpaired) electrons. The van der Waals surface area contributed by atoms with Crippen molar-refractivity contribution >= 4 is 15.6 Å². The highest BCUT2D eigenvalue weighted by molar-refractivity contribution is 7.91. The molecule has 0 unspecified atom stereocenters. The molecular weight excluding hydrogens is 428 g/mol. The fraction of sp³-hybridized carbons (Fsp3) is 0.759. The van der Waals surface area contributed by atoms with Gasteiger partial charge in [0.25, 0.3) is 0 Å². The molecule has 1 aromatic carbocycles. The van der Waals surface area contributed by atoms with Crippen molar-refractivity contribution in [3.8, 4) is 0 Å². The van der Waals surface area contributed by atoms with E-state index in [1.165, 1.54) is 44.9 Å². The second kappa shape index (κ2) is 8.50. The average molecular weight is 471 g/mol. The van der Waals surface area contributed by atoms with Crippen molar-refractivity contribution in [3.63, 3.8) is 0 Å². The number of Topliss-reactive ketones (excluding diaryl/α,β-unsaturated/α-hetero) is 1. The van der Waals surface area contributed by atoms with Crippen LogP contribution in [0.3, 0.4) is 0 Å². The van der Waals surface area contributed by atoms with E-state index in [4.69, 9.17) is 0 Å². The molecule has 5 rings (SSSR count). The van der Waals surface area contributed by atoms with Gasteiger partial charge in [-0.05, 0) is 103 Å². The number of fused-ring (bicyclic) bond motifs is 5. The molecule has 33 heavy (non-hydrogen) atoms. The number of hydrogen-bond donors (Lipinski definition) is 0. The second-order valence-corrected chi connectivity index (χ2v) is 14.6. The van der Waals surface area contributed by atoms with E-state index >= 15 is 0 Å². The van der Waals surface area contributed by atoms with Gasteiger partial charge in [0.05, 0.1) is 10.6 Å². The Morgan fingerprint density at radius 3 is 2.42 bits per heavy atom. The van der Waals surface area contributed by atoms with Crippen LogP contribution < -0.4 is 0 Å². The average Bonchev–Trinajstić information content (AvgIpc) is 2.79. The standard InChI is InChI=1S/C29H42O3S/c1-20(19-33(31,32)23-8-5-4-6-9-23)25-10-7-11-26-24-13-12-21-18-22(30)14-16-28(21,2)27(24)15-17-29(25,26)3/h4-6,8-9,20-21,24-27H,7,10-19H2,1-3H3/t20-,21+,24+,25-,26+,27+,28+,29-/m1/s1. The number of benzene rings is 1. The molecule has 0 heterocycles. The van der Waals surface area contributed by atoms with Crippen LogP contribution in [-0.2, 0) is 14.6 Å². The van der Waals surface area contributed by atoms with Gasteiger partial charge >= 0.3 is 0 Å². The van der Waals surface area contributed by atoms with Crippen molar-refractivity contribution in [1.82, 2.24) is 0 Å². The van der Waals surface area contributed by atoms with Gasteiger partial charge < -0.3 is 0 Å². The third kappa shape index (κ3) is 3.93. The van der Waals surface area contributed by atoms with E-state index < -0.39 is 9.84 Å².